The van der Waals surface area contributed by atoms with Crippen LogP contribution in [0.15, 0.2) is 23.0 Å². The lowest BCUT2D eigenvalue weighted by molar-refractivity contribution is -0.185. The molecule has 5 aliphatic carbocycles. The van der Waals surface area contributed by atoms with Crippen molar-refractivity contribution in [2.75, 3.05) is 0 Å². The van der Waals surface area contributed by atoms with Gasteiger partial charge in [-0.25, -0.2) is 4.39 Å². The van der Waals surface area contributed by atoms with Crippen LogP contribution < -0.4 is 0 Å². The van der Waals surface area contributed by atoms with Gasteiger partial charge in [-0.15, -0.1) is 0 Å². The molecule has 0 bridgehead atoms. The van der Waals surface area contributed by atoms with Crippen LogP contribution in [-0.4, -0.2) is 23.1 Å². The topological polar surface area (TPSA) is 60.4 Å². The summed E-state index contributed by atoms with van der Waals surface area (Å²) in [5.41, 5.74) is 0.225. The van der Waals surface area contributed by atoms with E-state index in [4.69, 9.17) is 4.74 Å². The number of carbonyl (C=O) groups excluding carboxylic acids is 3. The van der Waals surface area contributed by atoms with E-state index < -0.39 is 17.0 Å². The van der Waals surface area contributed by atoms with Crippen LogP contribution in [0.4, 0.5) is 4.39 Å². The van der Waals surface area contributed by atoms with Gasteiger partial charge < -0.3 is 4.74 Å². The first-order valence-corrected chi connectivity index (χ1v) is 10.9. The number of esters is 1. The molecule has 5 aliphatic rings. The quantitative estimate of drug-likeness (QED) is 0.641. The van der Waals surface area contributed by atoms with Crippen molar-refractivity contribution in [3.05, 3.63) is 23.0 Å². The molecule has 7 atom stereocenters. The molecule has 0 N–H and O–H groups in total. The lowest BCUT2D eigenvalue weighted by Crippen LogP contribution is -2.58. The zero-order valence-corrected chi connectivity index (χ0v) is 17.6. The Labute approximate surface area is 170 Å². The van der Waals surface area contributed by atoms with Gasteiger partial charge in [-0.1, -0.05) is 19.4 Å². The third-order valence-electron chi connectivity index (χ3n) is 9.49. The largest absolute Gasteiger partial charge is 0.451 e. The van der Waals surface area contributed by atoms with Gasteiger partial charge >= 0.3 is 5.97 Å². The van der Waals surface area contributed by atoms with Crippen molar-refractivity contribution in [1.29, 1.82) is 0 Å². The summed E-state index contributed by atoms with van der Waals surface area (Å²) in [6.07, 6.45) is 5.69. The summed E-state index contributed by atoms with van der Waals surface area (Å²) >= 11 is 0. The highest BCUT2D eigenvalue weighted by Gasteiger charge is 2.69. The second kappa shape index (κ2) is 5.67. The predicted octanol–water partition coefficient (Wildman–Crippen LogP) is 4.48. The summed E-state index contributed by atoms with van der Waals surface area (Å²) in [6.45, 7) is 7.11. The first-order valence-electron chi connectivity index (χ1n) is 10.9. The van der Waals surface area contributed by atoms with Gasteiger partial charge in [-0.05, 0) is 68.4 Å². The number of allylic oxidation sites excluding steroid dienone is 4. The fourth-order valence-corrected chi connectivity index (χ4v) is 8.00. The standard InChI is InChI=1S/C24H29FO4/c1-12(26)24(29-13(2)27)8-6-16-14-10-20(25)19-11-21(28)15-9-18(15)23(19,4)17(14)5-7-22(16,24)3/h10,14,16-17,19H,5-9,11H2,1-4H3/t14-,16-,17+,19?,22-,23+,24-/m0/s1. The Bertz CT molecular complexity index is 916. The molecule has 0 saturated heterocycles. The highest BCUT2D eigenvalue weighted by molar-refractivity contribution is 6.03. The molecule has 5 rings (SSSR count). The summed E-state index contributed by atoms with van der Waals surface area (Å²) in [7, 11) is 0. The molecule has 4 nitrogen and oxygen atoms in total. The predicted molar refractivity (Wildman–Crippen MR) is 104 cm³/mol. The average Bonchev–Trinajstić information content (AvgIpc) is 3.39. The van der Waals surface area contributed by atoms with E-state index in [0.717, 1.165) is 31.3 Å². The minimum Gasteiger partial charge on any atom is -0.451 e. The highest BCUT2D eigenvalue weighted by atomic mass is 19.1. The van der Waals surface area contributed by atoms with Crippen LogP contribution in [0.5, 0.6) is 0 Å². The number of rotatable bonds is 2. The summed E-state index contributed by atoms with van der Waals surface area (Å²) in [4.78, 5) is 37.0. The minimum atomic E-state index is -1.11. The Kier molecular flexibility index (Phi) is 3.76. The smallest absolute Gasteiger partial charge is 0.303 e. The number of carbonyl (C=O) groups is 3. The number of hydrogen-bond acceptors (Lipinski definition) is 4. The monoisotopic (exact) mass is 400 g/mol. The fourth-order valence-electron chi connectivity index (χ4n) is 8.00. The van der Waals surface area contributed by atoms with Gasteiger partial charge in [0.25, 0.3) is 0 Å². The van der Waals surface area contributed by atoms with Crippen molar-refractivity contribution < 1.29 is 23.5 Å². The molecule has 1 unspecified atom stereocenters. The van der Waals surface area contributed by atoms with Gasteiger partial charge in [0.1, 0.15) is 5.83 Å². The summed E-state index contributed by atoms with van der Waals surface area (Å²) in [6, 6.07) is 0. The Hall–Kier alpha value is -1.78. The van der Waals surface area contributed by atoms with Crippen LogP contribution in [0.25, 0.3) is 0 Å². The molecule has 0 aromatic rings. The molecule has 0 amide bonds. The molecule has 156 valence electrons. The Balaban J connectivity index is 1.58. The number of halogens is 1. The molecule has 0 aliphatic heterocycles. The molecule has 0 radical (unpaired) electrons. The van der Waals surface area contributed by atoms with Gasteiger partial charge in [0, 0.05) is 30.1 Å². The molecule has 0 heterocycles. The maximum atomic E-state index is 15.4. The van der Waals surface area contributed by atoms with Gasteiger partial charge in [-0.3, -0.25) is 14.4 Å². The molecule has 0 aromatic heterocycles. The summed E-state index contributed by atoms with van der Waals surface area (Å²) < 4.78 is 21.1. The van der Waals surface area contributed by atoms with E-state index in [9.17, 15) is 14.4 Å². The van der Waals surface area contributed by atoms with Crippen LogP contribution >= 0.6 is 0 Å². The van der Waals surface area contributed by atoms with Gasteiger partial charge in [0.2, 0.25) is 0 Å². The van der Waals surface area contributed by atoms with Crippen LogP contribution in [0.1, 0.15) is 66.2 Å². The molecule has 29 heavy (non-hydrogen) atoms. The minimum absolute atomic E-state index is 0.00864. The van der Waals surface area contributed by atoms with E-state index in [-0.39, 0.29) is 52.9 Å². The fraction of sp³-hybridized carbons (Fsp3) is 0.708. The second-order valence-electron chi connectivity index (χ2n) is 10.4. The van der Waals surface area contributed by atoms with Gasteiger partial charge in [0.05, 0.1) is 0 Å². The Morgan fingerprint density at radius 1 is 1.14 bits per heavy atom. The zero-order valence-electron chi connectivity index (χ0n) is 17.6. The summed E-state index contributed by atoms with van der Waals surface area (Å²) in [5, 5.41) is 0. The van der Waals surface area contributed by atoms with Crippen molar-refractivity contribution in [1.82, 2.24) is 0 Å². The Morgan fingerprint density at radius 2 is 1.83 bits per heavy atom. The zero-order chi connectivity index (χ0) is 20.9. The van der Waals surface area contributed by atoms with Crippen molar-refractivity contribution in [2.24, 2.45) is 34.5 Å². The van der Waals surface area contributed by atoms with E-state index in [1.165, 1.54) is 19.4 Å². The van der Waals surface area contributed by atoms with E-state index in [1.807, 2.05) is 0 Å². The number of Topliss-reactive ketones (excluding diaryl/α,β-unsaturated/α-hetero) is 2. The molecular formula is C24H29FO4. The SMILES string of the molecule is CC(=O)O[C@]1(C(C)=O)CC[C@H]2[C@@H]3C=C(F)C4CC(=O)C5=C(C5)[C@@]4(C)[C@@H]3CC[C@@]21C. The maximum absolute atomic E-state index is 15.4. The van der Waals surface area contributed by atoms with E-state index in [0.29, 0.717) is 6.42 Å². The van der Waals surface area contributed by atoms with E-state index in [1.54, 1.807) is 6.08 Å². The third kappa shape index (κ3) is 2.17. The maximum Gasteiger partial charge on any atom is 0.303 e. The number of hydrogen-bond donors (Lipinski definition) is 0. The molecule has 2 saturated carbocycles. The molecular weight excluding hydrogens is 371 g/mol. The van der Waals surface area contributed by atoms with Crippen molar-refractivity contribution in [3.8, 4) is 0 Å². The van der Waals surface area contributed by atoms with Crippen LogP contribution in [0.2, 0.25) is 0 Å². The van der Waals surface area contributed by atoms with Crippen LogP contribution in [0, 0.1) is 34.5 Å². The average molecular weight is 400 g/mol. The Morgan fingerprint density at radius 3 is 2.48 bits per heavy atom. The molecule has 5 heteroatoms. The lowest BCUT2D eigenvalue weighted by Gasteiger charge is -2.58. The van der Waals surface area contributed by atoms with Crippen molar-refractivity contribution >= 4 is 17.5 Å². The number of fused-ring (bicyclic) bond motifs is 6. The second-order valence-corrected chi connectivity index (χ2v) is 10.4. The molecule has 0 spiro atoms. The normalized spacial score (nSPS) is 47.5. The molecule has 2 fully saturated rings. The lowest BCUT2D eigenvalue weighted by atomic mass is 9.46. The van der Waals surface area contributed by atoms with E-state index in [2.05, 4.69) is 13.8 Å². The van der Waals surface area contributed by atoms with Gasteiger partial charge in [-0.2, -0.15) is 0 Å². The van der Waals surface area contributed by atoms with Crippen molar-refractivity contribution in [2.45, 2.75) is 71.8 Å². The van der Waals surface area contributed by atoms with Crippen LogP contribution in [0.3, 0.4) is 0 Å². The van der Waals surface area contributed by atoms with Crippen LogP contribution in [-0.2, 0) is 19.1 Å². The first kappa shape index (κ1) is 19.2. The van der Waals surface area contributed by atoms with Gasteiger partial charge in [0.15, 0.2) is 17.2 Å². The number of ketones is 2. The van der Waals surface area contributed by atoms with Crippen molar-refractivity contribution in [3.63, 3.8) is 0 Å². The molecule has 0 aromatic carbocycles. The summed E-state index contributed by atoms with van der Waals surface area (Å²) in [5.74, 6) is -0.534. The third-order valence-corrected chi connectivity index (χ3v) is 9.49. The first-order chi connectivity index (χ1) is 13.6. The number of ether oxygens (including phenoxy) is 1. The van der Waals surface area contributed by atoms with E-state index >= 15 is 4.39 Å². The highest BCUT2D eigenvalue weighted by Crippen LogP contribution is 2.71.